The summed E-state index contributed by atoms with van der Waals surface area (Å²) < 4.78 is 0. The van der Waals surface area contributed by atoms with Gasteiger partial charge in [0.1, 0.15) is 29.6 Å². The second kappa shape index (κ2) is 14.5. The Morgan fingerprint density at radius 3 is 1.39 bits per heavy atom. The summed E-state index contributed by atoms with van der Waals surface area (Å²) in [4.78, 5) is 51.3. The summed E-state index contributed by atoms with van der Waals surface area (Å²) in [5.41, 5.74) is 7.61. The Hall–Kier alpha value is -4.90. The van der Waals surface area contributed by atoms with E-state index in [1.807, 2.05) is 0 Å². The number of aromatic hydroxyl groups is 2. The van der Waals surface area contributed by atoms with E-state index < -0.39 is 47.9 Å². The van der Waals surface area contributed by atoms with Gasteiger partial charge >= 0.3 is 5.97 Å². The molecule has 3 rings (SSSR count). The van der Waals surface area contributed by atoms with Gasteiger partial charge in [-0.1, -0.05) is 54.6 Å². The molecule has 0 fully saturated rings. The van der Waals surface area contributed by atoms with E-state index in [4.69, 9.17) is 5.73 Å². The van der Waals surface area contributed by atoms with E-state index in [0.717, 1.165) is 0 Å². The zero-order valence-electron chi connectivity index (χ0n) is 22.5. The molecule has 216 valence electrons. The molecule has 0 radical (unpaired) electrons. The minimum Gasteiger partial charge on any atom is -0.508 e. The first kappa shape index (κ1) is 30.6. The van der Waals surface area contributed by atoms with Crippen molar-refractivity contribution in [1.29, 1.82) is 0 Å². The molecular formula is C30H34N4O7. The number of phenols is 2. The number of aliphatic carboxylic acids is 1. The SMILES string of the molecule is CC(N)C(=O)NC(Cc1ccc(O)cc1)C(=O)NC(Cc1ccc(O)cc1)C(=O)NC(Cc1ccccc1)C(=O)O. The highest BCUT2D eigenvalue weighted by atomic mass is 16.4. The van der Waals surface area contributed by atoms with Crippen LogP contribution >= 0.6 is 0 Å². The molecule has 11 nitrogen and oxygen atoms in total. The molecule has 0 aliphatic carbocycles. The number of hydrogen-bond acceptors (Lipinski definition) is 7. The van der Waals surface area contributed by atoms with E-state index in [1.165, 1.54) is 31.2 Å². The average molecular weight is 563 g/mol. The first-order valence-electron chi connectivity index (χ1n) is 13.0. The summed E-state index contributed by atoms with van der Waals surface area (Å²) in [6, 6.07) is 16.3. The van der Waals surface area contributed by atoms with Gasteiger partial charge in [-0.3, -0.25) is 14.4 Å². The second-order valence-corrected chi connectivity index (χ2v) is 9.74. The van der Waals surface area contributed by atoms with Crippen LogP contribution in [0.15, 0.2) is 78.9 Å². The molecule has 0 heterocycles. The molecule has 3 aromatic rings. The minimum atomic E-state index is -1.27. The molecule has 0 spiro atoms. The number of hydrogen-bond donors (Lipinski definition) is 7. The Labute approximate surface area is 237 Å². The summed E-state index contributed by atoms with van der Waals surface area (Å²) >= 11 is 0. The fraction of sp³-hybridized carbons (Fsp3) is 0.267. The van der Waals surface area contributed by atoms with Crippen molar-refractivity contribution >= 4 is 23.7 Å². The predicted molar refractivity (Wildman–Crippen MR) is 151 cm³/mol. The third-order valence-electron chi connectivity index (χ3n) is 6.33. The monoisotopic (exact) mass is 562 g/mol. The smallest absolute Gasteiger partial charge is 0.326 e. The number of benzene rings is 3. The molecule has 0 aliphatic rings. The Balaban J connectivity index is 1.85. The van der Waals surface area contributed by atoms with Crippen LogP contribution < -0.4 is 21.7 Å². The number of nitrogens with two attached hydrogens (primary N) is 1. The van der Waals surface area contributed by atoms with Crippen LogP contribution in [0.3, 0.4) is 0 Å². The minimum absolute atomic E-state index is 0.0140. The lowest BCUT2D eigenvalue weighted by Gasteiger charge is -2.25. The van der Waals surface area contributed by atoms with Crippen LogP contribution in [0.5, 0.6) is 11.5 Å². The van der Waals surface area contributed by atoms with Crippen molar-refractivity contribution in [2.24, 2.45) is 5.73 Å². The van der Waals surface area contributed by atoms with Gasteiger partial charge < -0.3 is 37.0 Å². The first-order chi connectivity index (χ1) is 19.5. The molecule has 3 aromatic carbocycles. The number of carboxylic acid groups (broad SMARTS) is 1. The molecule has 8 N–H and O–H groups in total. The zero-order chi connectivity index (χ0) is 29.9. The summed E-state index contributed by atoms with van der Waals surface area (Å²) in [6.45, 7) is 1.46. The van der Waals surface area contributed by atoms with Gasteiger partial charge in [0.25, 0.3) is 0 Å². The number of carboxylic acids is 1. The number of nitrogens with one attached hydrogen (secondary N) is 3. The van der Waals surface area contributed by atoms with E-state index >= 15 is 0 Å². The Bertz CT molecular complexity index is 1330. The van der Waals surface area contributed by atoms with Gasteiger partial charge in [0.2, 0.25) is 17.7 Å². The molecule has 11 heteroatoms. The number of rotatable bonds is 13. The fourth-order valence-corrected chi connectivity index (χ4v) is 4.05. The van der Waals surface area contributed by atoms with Gasteiger partial charge in [-0.25, -0.2) is 4.79 Å². The van der Waals surface area contributed by atoms with Gasteiger partial charge in [-0.05, 0) is 47.9 Å². The van der Waals surface area contributed by atoms with Crippen LogP contribution in [-0.2, 0) is 38.4 Å². The summed E-state index contributed by atoms with van der Waals surface area (Å²) in [5, 5.41) is 36.8. The largest absolute Gasteiger partial charge is 0.508 e. The van der Waals surface area contributed by atoms with Crippen molar-refractivity contribution in [3.63, 3.8) is 0 Å². The van der Waals surface area contributed by atoms with Crippen molar-refractivity contribution in [1.82, 2.24) is 16.0 Å². The van der Waals surface area contributed by atoms with Crippen molar-refractivity contribution in [2.45, 2.75) is 50.4 Å². The molecular weight excluding hydrogens is 528 g/mol. The number of carbonyl (C=O) groups is 4. The van der Waals surface area contributed by atoms with Gasteiger partial charge in [0.15, 0.2) is 0 Å². The van der Waals surface area contributed by atoms with Crippen LogP contribution in [0.1, 0.15) is 23.6 Å². The van der Waals surface area contributed by atoms with Crippen molar-refractivity contribution in [3.8, 4) is 11.5 Å². The first-order valence-corrected chi connectivity index (χ1v) is 13.0. The van der Waals surface area contributed by atoms with Crippen molar-refractivity contribution < 1.29 is 34.5 Å². The van der Waals surface area contributed by atoms with E-state index in [-0.39, 0.29) is 30.8 Å². The van der Waals surface area contributed by atoms with E-state index in [9.17, 15) is 34.5 Å². The molecule has 4 atom stereocenters. The number of amides is 3. The third kappa shape index (κ3) is 9.66. The molecule has 0 saturated heterocycles. The van der Waals surface area contributed by atoms with E-state index in [0.29, 0.717) is 16.7 Å². The van der Waals surface area contributed by atoms with Crippen molar-refractivity contribution in [2.75, 3.05) is 0 Å². The standard InChI is InChI=1S/C30H34N4O7/c1-18(31)27(37)32-24(15-20-7-11-22(35)12-8-20)28(38)33-25(16-21-9-13-23(36)14-10-21)29(39)34-26(30(40)41)17-19-5-3-2-4-6-19/h2-14,18,24-26,35-36H,15-17,31H2,1H3,(H,32,37)(H,33,38)(H,34,39)(H,40,41). The maximum Gasteiger partial charge on any atom is 0.326 e. The second-order valence-electron chi connectivity index (χ2n) is 9.74. The quantitative estimate of drug-likeness (QED) is 0.160. The predicted octanol–water partition coefficient (Wildman–Crippen LogP) is 1.01. The molecule has 41 heavy (non-hydrogen) atoms. The molecule has 4 unspecified atom stereocenters. The van der Waals surface area contributed by atoms with Gasteiger partial charge in [0.05, 0.1) is 6.04 Å². The Morgan fingerprint density at radius 1 is 0.610 bits per heavy atom. The van der Waals surface area contributed by atoms with Crippen molar-refractivity contribution in [3.05, 3.63) is 95.6 Å². The van der Waals surface area contributed by atoms with Gasteiger partial charge in [-0.2, -0.15) is 0 Å². The Kier molecular flexibility index (Phi) is 10.8. The van der Waals surface area contributed by atoms with E-state index in [2.05, 4.69) is 16.0 Å². The van der Waals surface area contributed by atoms with Crippen LogP contribution in [0, 0.1) is 0 Å². The molecule has 0 aromatic heterocycles. The maximum atomic E-state index is 13.5. The molecule has 0 saturated carbocycles. The number of carbonyl (C=O) groups excluding carboxylic acids is 3. The lowest BCUT2D eigenvalue weighted by Crippen LogP contribution is -2.58. The highest BCUT2D eigenvalue weighted by Crippen LogP contribution is 2.14. The molecule has 0 aliphatic heterocycles. The topological polar surface area (TPSA) is 191 Å². The molecule has 3 amide bonds. The fourth-order valence-electron chi connectivity index (χ4n) is 4.05. The van der Waals surface area contributed by atoms with Gasteiger partial charge in [0, 0.05) is 19.3 Å². The highest BCUT2D eigenvalue weighted by Gasteiger charge is 2.30. The van der Waals surface area contributed by atoms with Gasteiger partial charge in [-0.15, -0.1) is 0 Å². The summed E-state index contributed by atoms with van der Waals surface area (Å²) in [7, 11) is 0. The highest BCUT2D eigenvalue weighted by molar-refractivity contribution is 5.94. The average Bonchev–Trinajstić information content (AvgIpc) is 2.94. The van der Waals surface area contributed by atoms with Crippen LogP contribution in [0.2, 0.25) is 0 Å². The lowest BCUT2D eigenvalue weighted by atomic mass is 10.0. The van der Waals surface area contributed by atoms with Crippen LogP contribution in [0.25, 0.3) is 0 Å². The molecule has 0 bridgehead atoms. The lowest BCUT2D eigenvalue weighted by molar-refractivity contribution is -0.142. The Morgan fingerprint density at radius 2 is 0.976 bits per heavy atom. The summed E-state index contributed by atoms with van der Waals surface area (Å²) in [5.74, 6) is -3.22. The normalized spacial score (nSPS) is 13.7. The zero-order valence-corrected chi connectivity index (χ0v) is 22.5. The third-order valence-corrected chi connectivity index (χ3v) is 6.33. The number of phenolic OH excluding ortho intramolecular Hbond substituents is 2. The van der Waals surface area contributed by atoms with Crippen LogP contribution in [-0.4, -0.2) is 63.2 Å². The maximum absolute atomic E-state index is 13.5. The summed E-state index contributed by atoms with van der Waals surface area (Å²) in [6.07, 6.45) is 0.0300. The van der Waals surface area contributed by atoms with E-state index in [1.54, 1.807) is 54.6 Å². The van der Waals surface area contributed by atoms with Crippen LogP contribution in [0.4, 0.5) is 0 Å².